The Balaban J connectivity index is 2.14. The standard InChI is InChI=1S/C16H21N3OS/c1-5-21-14-8-6-13(7-9-14)16(20)17-15-10-12(4)18-19(15)11(2)3/h6-11H,5H2,1-4H3,(H,17,20). The molecule has 2 aromatic rings. The first-order valence-corrected chi connectivity index (χ1v) is 8.10. The molecule has 0 aliphatic heterocycles. The summed E-state index contributed by atoms with van der Waals surface area (Å²) in [5.41, 5.74) is 1.55. The number of amides is 1. The van der Waals surface area contributed by atoms with Crippen molar-refractivity contribution in [1.29, 1.82) is 0 Å². The molecule has 0 bridgehead atoms. The van der Waals surface area contributed by atoms with Gasteiger partial charge in [-0.3, -0.25) is 4.79 Å². The molecule has 1 amide bonds. The van der Waals surface area contributed by atoms with Gasteiger partial charge in [0.15, 0.2) is 0 Å². The lowest BCUT2D eigenvalue weighted by Crippen LogP contribution is -2.16. The summed E-state index contributed by atoms with van der Waals surface area (Å²) in [6.45, 7) is 8.11. The van der Waals surface area contributed by atoms with Gasteiger partial charge in [0, 0.05) is 22.6 Å². The van der Waals surface area contributed by atoms with E-state index in [1.807, 2.05) is 55.8 Å². The number of nitrogens with one attached hydrogen (secondary N) is 1. The highest BCUT2D eigenvalue weighted by Gasteiger charge is 2.12. The lowest BCUT2D eigenvalue weighted by atomic mass is 10.2. The summed E-state index contributed by atoms with van der Waals surface area (Å²) in [6.07, 6.45) is 0. The number of carbonyl (C=O) groups is 1. The van der Waals surface area contributed by atoms with Gasteiger partial charge in [-0.05, 0) is 50.8 Å². The van der Waals surface area contributed by atoms with Crippen LogP contribution in [0.3, 0.4) is 0 Å². The van der Waals surface area contributed by atoms with Crippen molar-refractivity contribution in [1.82, 2.24) is 9.78 Å². The first-order chi connectivity index (χ1) is 10.0. The monoisotopic (exact) mass is 303 g/mol. The van der Waals surface area contributed by atoms with Crippen LogP contribution in [-0.4, -0.2) is 21.4 Å². The molecule has 1 N–H and O–H groups in total. The summed E-state index contributed by atoms with van der Waals surface area (Å²) >= 11 is 1.76. The zero-order valence-electron chi connectivity index (χ0n) is 12.9. The summed E-state index contributed by atoms with van der Waals surface area (Å²) < 4.78 is 1.83. The van der Waals surface area contributed by atoms with E-state index in [4.69, 9.17) is 0 Å². The first kappa shape index (κ1) is 15.6. The Kier molecular flexibility index (Phi) is 5.07. The second-order valence-corrected chi connectivity index (χ2v) is 6.46. The van der Waals surface area contributed by atoms with Crippen molar-refractivity contribution in [3.8, 4) is 0 Å². The van der Waals surface area contributed by atoms with Crippen LogP contribution in [0.15, 0.2) is 35.2 Å². The summed E-state index contributed by atoms with van der Waals surface area (Å²) in [7, 11) is 0. The molecule has 2 rings (SSSR count). The van der Waals surface area contributed by atoms with Crippen molar-refractivity contribution in [2.24, 2.45) is 0 Å². The van der Waals surface area contributed by atoms with Gasteiger partial charge in [-0.25, -0.2) is 4.68 Å². The smallest absolute Gasteiger partial charge is 0.256 e. The van der Waals surface area contributed by atoms with Crippen LogP contribution in [-0.2, 0) is 0 Å². The summed E-state index contributed by atoms with van der Waals surface area (Å²) in [5, 5.41) is 7.33. The fourth-order valence-electron chi connectivity index (χ4n) is 2.06. The van der Waals surface area contributed by atoms with E-state index in [9.17, 15) is 4.79 Å². The highest BCUT2D eigenvalue weighted by atomic mass is 32.2. The number of carbonyl (C=O) groups excluding carboxylic acids is 1. The van der Waals surface area contributed by atoms with Crippen LogP contribution in [0.4, 0.5) is 5.82 Å². The van der Waals surface area contributed by atoms with Crippen molar-refractivity contribution >= 4 is 23.5 Å². The van der Waals surface area contributed by atoms with Crippen molar-refractivity contribution < 1.29 is 4.79 Å². The molecule has 5 heteroatoms. The van der Waals surface area contributed by atoms with E-state index in [2.05, 4.69) is 17.3 Å². The lowest BCUT2D eigenvalue weighted by molar-refractivity contribution is 0.102. The second-order valence-electron chi connectivity index (χ2n) is 5.12. The third-order valence-corrected chi connectivity index (χ3v) is 3.91. The molecule has 4 nitrogen and oxygen atoms in total. The number of nitrogens with zero attached hydrogens (tertiary/aromatic N) is 2. The molecule has 0 saturated carbocycles. The van der Waals surface area contributed by atoms with E-state index in [1.165, 1.54) is 4.90 Å². The topological polar surface area (TPSA) is 46.9 Å². The fourth-order valence-corrected chi connectivity index (χ4v) is 2.72. The third kappa shape index (κ3) is 3.88. The Labute approximate surface area is 129 Å². The number of rotatable bonds is 5. The zero-order valence-corrected chi connectivity index (χ0v) is 13.7. The van der Waals surface area contributed by atoms with Crippen LogP contribution < -0.4 is 5.32 Å². The van der Waals surface area contributed by atoms with Gasteiger partial charge < -0.3 is 5.32 Å². The molecule has 112 valence electrons. The molecule has 0 unspecified atom stereocenters. The highest BCUT2D eigenvalue weighted by Crippen LogP contribution is 2.20. The van der Waals surface area contributed by atoms with Gasteiger partial charge in [0.05, 0.1) is 5.69 Å². The minimum Gasteiger partial charge on any atom is -0.307 e. The fraction of sp³-hybridized carbons (Fsp3) is 0.375. The molecule has 0 saturated heterocycles. The normalized spacial score (nSPS) is 10.9. The van der Waals surface area contributed by atoms with Gasteiger partial charge in [-0.1, -0.05) is 6.92 Å². The summed E-state index contributed by atoms with van der Waals surface area (Å²) in [4.78, 5) is 13.5. The van der Waals surface area contributed by atoms with Gasteiger partial charge in [0.2, 0.25) is 0 Å². The molecule has 0 spiro atoms. The molecule has 21 heavy (non-hydrogen) atoms. The van der Waals surface area contributed by atoms with Gasteiger partial charge in [0.1, 0.15) is 5.82 Å². The first-order valence-electron chi connectivity index (χ1n) is 7.11. The van der Waals surface area contributed by atoms with E-state index < -0.39 is 0 Å². The van der Waals surface area contributed by atoms with Crippen LogP contribution in [0.25, 0.3) is 0 Å². The van der Waals surface area contributed by atoms with Crippen molar-refractivity contribution in [3.05, 3.63) is 41.6 Å². The van der Waals surface area contributed by atoms with Crippen LogP contribution >= 0.6 is 11.8 Å². The number of hydrogen-bond donors (Lipinski definition) is 1. The van der Waals surface area contributed by atoms with E-state index in [-0.39, 0.29) is 11.9 Å². The number of hydrogen-bond acceptors (Lipinski definition) is 3. The minimum absolute atomic E-state index is 0.107. The van der Waals surface area contributed by atoms with E-state index in [1.54, 1.807) is 11.8 Å². The summed E-state index contributed by atoms with van der Waals surface area (Å²) in [6, 6.07) is 9.77. The van der Waals surface area contributed by atoms with E-state index in [0.29, 0.717) is 5.56 Å². The SMILES string of the molecule is CCSc1ccc(C(=O)Nc2cc(C)nn2C(C)C)cc1. The molecule has 1 aromatic heterocycles. The number of aromatic nitrogens is 2. The van der Waals surface area contributed by atoms with Gasteiger partial charge in [-0.15, -0.1) is 11.8 Å². The quantitative estimate of drug-likeness (QED) is 0.845. The number of anilines is 1. The molecule has 0 radical (unpaired) electrons. The zero-order chi connectivity index (χ0) is 15.4. The largest absolute Gasteiger partial charge is 0.307 e. The third-order valence-electron chi connectivity index (χ3n) is 3.02. The molecule has 0 atom stereocenters. The highest BCUT2D eigenvalue weighted by molar-refractivity contribution is 7.99. The molecular formula is C16H21N3OS. The Morgan fingerprint density at radius 3 is 2.57 bits per heavy atom. The molecule has 0 fully saturated rings. The molecule has 1 aromatic carbocycles. The number of aryl methyl sites for hydroxylation is 1. The molecular weight excluding hydrogens is 282 g/mol. The van der Waals surface area contributed by atoms with Crippen molar-refractivity contribution in [2.45, 2.75) is 38.6 Å². The summed E-state index contributed by atoms with van der Waals surface area (Å²) in [5.74, 6) is 1.66. The maximum atomic E-state index is 12.3. The van der Waals surface area contributed by atoms with Crippen LogP contribution in [0, 0.1) is 6.92 Å². The maximum absolute atomic E-state index is 12.3. The van der Waals surface area contributed by atoms with Gasteiger partial charge >= 0.3 is 0 Å². The van der Waals surface area contributed by atoms with Gasteiger partial charge in [-0.2, -0.15) is 5.10 Å². The maximum Gasteiger partial charge on any atom is 0.256 e. The Morgan fingerprint density at radius 1 is 1.33 bits per heavy atom. The van der Waals surface area contributed by atoms with E-state index >= 15 is 0 Å². The average Bonchev–Trinajstić information content (AvgIpc) is 2.81. The van der Waals surface area contributed by atoms with E-state index in [0.717, 1.165) is 17.3 Å². The molecule has 0 aliphatic rings. The van der Waals surface area contributed by atoms with Crippen molar-refractivity contribution in [2.75, 3.05) is 11.1 Å². The second kappa shape index (κ2) is 6.80. The predicted octanol–water partition coefficient (Wildman–Crippen LogP) is 4.14. The van der Waals surface area contributed by atoms with Crippen molar-refractivity contribution in [3.63, 3.8) is 0 Å². The minimum atomic E-state index is -0.107. The average molecular weight is 303 g/mol. The van der Waals surface area contributed by atoms with Crippen LogP contribution in [0.5, 0.6) is 0 Å². The number of thioether (sulfide) groups is 1. The Hall–Kier alpha value is -1.75. The Morgan fingerprint density at radius 2 is 2.00 bits per heavy atom. The van der Waals surface area contributed by atoms with Crippen LogP contribution in [0.1, 0.15) is 42.9 Å². The molecule has 0 aliphatic carbocycles. The van der Waals surface area contributed by atoms with Crippen LogP contribution in [0.2, 0.25) is 0 Å². The number of benzene rings is 1. The Bertz CT molecular complexity index is 617. The molecule has 1 heterocycles. The lowest BCUT2D eigenvalue weighted by Gasteiger charge is -2.11. The predicted molar refractivity (Wildman–Crippen MR) is 88.1 cm³/mol. The van der Waals surface area contributed by atoms with Gasteiger partial charge in [0.25, 0.3) is 5.91 Å².